The number of carbonyl (C=O) groups excluding carboxylic acids is 1. The van der Waals surface area contributed by atoms with Crippen LogP contribution in [0.1, 0.15) is 24.8 Å². The van der Waals surface area contributed by atoms with Crippen molar-refractivity contribution in [3.05, 3.63) is 66.2 Å². The smallest absolute Gasteiger partial charge is 0.220 e. The van der Waals surface area contributed by atoms with Crippen LogP contribution in [0.5, 0.6) is 0 Å². The first kappa shape index (κ1) is 22.3. The van der Waals surface area contributed by atoms with Crippen LogP contribution in [0, 0.1) is 0 Å². The van der Waals surface area contributed by atoms with Crippen molar-refractivity contribution < 1.29 is 13.2 Å². The molecule has 0 unspecified atom stereocenters. The summed E-state index contributed by atoms with van der Waals surface area (Å²) in [5, 5.41) is 2.84. The number of nitrogens with one attached hydrogen (secondary N) is 1. The molecule has 0 spiro atoms. The summed E-state index contributed by atoms with van der Waals surface area (Å²) < 4.78 is 26.8. The van der Waals surface area contributed by atoms with Gasteiger partial charge in [-0.15, -0.1) is 0 Å². The molecule has 6 nitrogen and oxygen atoms in total. The summed E-state index contributed by atoms with van der Waals surface area (Å²) in [6.07, 6.45) is 2.56. The molecule has 7 heteroatoms. The highest BCUT2D eigenvalue weighted by Gasteiger charge is 2.26. The summed E-state index contributed by atoms with van der Waals surface area (Å²) in [6, 6.07) is 20.2. The molecule has 0 aliphatic carbocycles. The van der Waals surface area contributed by atoms with E-state index in [-0.39, 0.29) is 11.7 Å². The highest BCUT2D eigenvalue weighted by atomic mass is 32.2. The number of amides is 1. The van der Waals surface area contributed by atoms with E-state index < -0.39 is 10.0 Å². The summed E-state index contributed by atoms with van der Waals surface area (Å²) in [4.78, 5) is 14.2. The van der Waals surface area contributed by atoms with Gasteiger partial charge in [0.15, 0.2) is 0 Å². The molecule has 30 heavy (non-hydrogen) atoms. The molecule has 1 saturated heterocycles. The minimum absolute atomic E-state index is 0.0141. The summed E-state index contributed by atoms with van der Waals surface area (Å²) in [5.41, 5.74) is 2.35. The van der Waals surface area contributed by atoms with Crippen LogP contribution in [-0.4, -0.2) is 57.1 Å². The van der Waals surface area contributed by atoms with E-state index in [0.29, 0.717) is 45.6 Å². The second kappa shape index (κ2) is 11.1. The zero-order valence-electron chi connectivity index (χ0n) is 17.4. The summed E-state index contributed by atoms with van der Waals surface area (Å²) in [5.74, 6) is 0.0580. The van der Waals surface area contributed by atoms with E-state index in [1.165, 1.54) is 5.56 Å². The van der Waals surface area contributed by atoms with Gasteiger partial charge in [-0.05, 0) is 37.0 Å². The summed E-state index contributed by atoms with van der Waals surface area (Å²) in [7, 11) is -3.28. The Hall–Kier alpha value is -2.38. The summed E-state index contributed by atoms with van der Waals surface area (Å²) in [6.45, 7) is 2.79. The molecule has 1 N–H and O–H groups in total. The Morgan fingerprint density at radius 1 is 0.867 bits per heavy atom. The van der Waals surface area contributed by atoms with Crippen molar-refractivity contribution in [2.75, 3.05) is 43.4 Å². The number of anilines is 1. The molecule has 0 radical (unpaired) electrons. The van der Waals surface area contributed by atoms with Crippen molar-refractivity contribution in [3.8, 4) is 0 Å². The minimum Gasteiger partial charge on any atom is -0.369 e. The van der Waals surface area contributed by atoms with Crippen LogP contribution >= 0.6 is 0 Å². The number of nitrogens with zero attached hydrogens (tertiary/aromatic N) is 2. The number of carbonyl (C=O) groups is 1. The molecular weight excluding hydrogens is 398 g/mol. The Morgan fingerprint density at radius 3 is 2.17 bits per heavy atom. The third-order valence-electron chi connectivity index (χ3n) is 5.37. The van der Waals surface area contributed by atoms with Gasteiger partial charge in [0.25, 0.3) is 0 Å². The number of hydrogen-bond acceptors (Lipinski definition) is 4. The first-order valence-electron chi connectivity index (χ1n) is 10.6. The first-order valence-corrected chi connectivity index (χ1v) is 12.2. The Kier molecular flexibility index (Phi) is 8.28. The third-order valence-corrected chi connectivity index (χ3v) is 7.32. The van der Waals surface area contributed by atoms with Gasteiger partial charge in [0, 0.05) is 44.8 Å². The normalized spacial score (nSPS) is 15.1. The quantitative estimate of drug-likeness (QED) is 0.590. The second-order valence-electron chi connectivity index (χ2n) is 7.58. The van der Waals surface area contributed by atoms with Crippen molar-refractivity contribution >= 4 is 21.6 Å². The van der Waals surface area contributed by atoms with Gasteiger partial charge in [-0.2, -0.15) is 4.31 Å². The van der Waals surface area contributed by atoms with Gasteiger partial charge in [0.2, 0.25) is 15.9 Å². The maximum Gasteiger partial charge on any atom is 0.220 e. The van der Waals surface area contributed by atoms with Gasteiger partial charge in [-0.1, -0.05) is 48.5 Å². The van der Waals surface area contributed by atoms with Crippen molar-refractivity contribution in [1.82, 2.24) is 9.62 Å². The van der Waals surface area contributed by atoms with Crippen molar-refractivity contribution in [3.63, 3.8) is 0 Å². The standard InChI is InChI=1S/C23H31N3O3S/c27-23(14-7-11-21-9-3-1-4-10-21)24-15-8-20-30(28,29)26-18-16-25(17-19-26)22-12-5-2-6-13-22/h1-6,9-10,12-13H,7-8,11,14-20H2,(H,24,27). The number of piperazine rings is 1. The van der Waals surface area contributed by atoms with Crippen LogP contribution in [0.25, 0.3) is 0 Å². The molecule has 1 amide bonds. The molecule has 0 bridgehead atoms. The lowest BCUT2D eigenvalue weighted by atomic mass is 10.1. The minimum atomic E-state index is -3.28. The SMILES string of the molecule is O=C(CCCc1ccccc1)NCCCS(=O)(=O)N1CCN(c2ccccc2)CC1. The van der Waals surface area contributed by atoms with Crippen LogP contribution in [0.3, 0.4) is 0 Å². The fourth-order valence-electron chi connectivity index (χ4n) is 3.66. The topological polar surface area (TPSA) is 69.7 Å². The van der Waals surface area contributed by atoms with E-state index in [0.717, 1.165) is 18.5 Å². The molecule has 3 rings (SSSR count). The van der Waals surface area contributed by atoms with Gasteiger partial charge in [-0.3, -0.25) is 4.79 Å². The van der Waals surface area contributed by atoms with Gasteiger partial charge in [0.1, 0.15) is 0 Å². The fraction of sp³-hybridized carbons (Fsp3) is 0.435. The lowest BCUT2D eigenvalue weighted by Gasteiger charge is -2.35. The highest BCUT2D eigenvalue weighted by Crippen LogP contribution is 2.17. The van der Waals surface area contributed by atoms with E-state index >= 15 is 0 Å². The molecule has 0 aromatic heterocycles. The highest BCUT2D eigenvalue weighted by molar-refractivity contribution is 7.89. The molecule has 1 aliphatic heterocycles. The zero-order valence-corrected chi connectivity index (χ0v) is 18.2. The molecule has 2 aromatic carbocycles. The van der Waals surface area contributed by atoms with Gasteiger partial charge in [-0.25, -0.2) is 8.42 Å². The zero-order chi connectivity index (χ0) is 21.2. The van der Waals surface area contributed by atoms with E-state index in [9.17, 15) is 13.2 Å². The number of hydrogen-bond donors (Lipinski definition) is 1. The van der Waals surface area contributed by atoms with Gasteiger partial charge in [0.05, 0.1) is 5.75 Å². The monoisotopic (exact) mass is 429 g/mol. The largest absolute Gasteiger partial charge is 0.369 e. The number of benzene rings is 2. The van der Waals surface area contributed by atoms with E-state index in [4.69, 9.17) is 0 Å². The molecule has 162 valence electrons. The van der Waals surface area contributed by atoms with Crippen LogP contribution in [0.2, 0.25) is 0 Å². The number of sulfonamides is 1. The van der Waals surface area contributed by atoms with Crippen molar-refractivity contribution in [1.29, 1.82) is 0 Å². The third kappa shape index (κ3) is 6.85. The predicted molar refractivity (Wildman–Crippen MR) is 121 cm³/mol. The molecule has 1 aliphatic rings. The van der Waals surface area contributed by atoms with Crippen molar-refractivity contribution in [2.45, 2.75) is 25.7 Å². The van der Waals surface area contributed by atoms with Crippen LogP contribution in [0.15, 0.2) is 60.7 Å². The summed E-state index contributed by atoms with van der Waals surface area (Å²) >= 11 is 0. The maximum absolute atomic E-state index is 12.6. The Balaban J connectivity index is 1.31. The molecule has 0 saturated carbocycles. The first-order chi connectivity index (χ1) is 14.5. The molecular formula is C23H31N3O3S. The molecule has 0 atom stereocenters. The molecule has 1 heterocycles. The van der Waals surface area contributed by atoms with Crippen molar-refractivity contribution in [2.24, 2.45) is 0 Å². The van der Waals surface area contributed by atoms with E-state index in [1.54, 1.807) is 4.31 Å². The van der Waals surface area contributed by atoms with E-state index in [1.807, 2.05) is 48.5 Å². The number of para-hydroxylation sites is 1. The Bertz CT molecular complexity index is 880. The fourth-order valence-corrected chi connectivity index (χ4v) is 5.15. The van der Waals surface area contributed by atoms with Crippen LogP contribution < -0.4 is 10.2 Å². The number of rotatable bonds is 10. The van der Waals surface area contributed by atoms with Gasteiger partial charge >= 0.3 is 0 Å². The lowest BCUT2D eigenvalue weighted by Crippen LogP contribution is -2.49. The number of aryl methyl sites for hydroxylation is 1. The van der Waals surface area contributed by atoms with Crippen LogP contribution in [0.4, 0.5) is 5.69 Å². The predicted octanol–water partition coefficient (Wildman–Crippen LogP) is 2.67. The van der Waals surface area contributed by atoms with Crippen LogP contribution in [-0.2, 0) is 21.2 Å². The lowest BCUT2D eigenvalue weighted by molar-refractivity contribution is -0.121. The average Bonchev–Trinajstić information content (AvgIpc) is 2.78. The second-order valence-corrected chi connectivity index (χ2v) is 9.67. The van der Waals surface area contributed by atoms with E-state index in [2.05, 4.69) is 22.3 Å². The average molecular weight is 430 g/mol. The maximum atomic E-state index is 12.6. The Labute approximate surface area is 179 Å². The van der Waals surface area contributed by atoms with Gasteiger partial charge < -0.3 is 10.2 Å². The Morgan fingerprint density at radius 2 is 1.50 bits per heavy atom. The molecule has 1 fully saturated rings. The molecule has 2 aromatic rings.